The van der Waals surface area contributed by atoms with E-state index in [1.54, 1.807) is 6.92 Å². The number of pyridine rings is 1. The molecule has 0 aliphatic heterocycles. The van der Waals surface area contributed by atoms with Crippen LogP contribution >= 0.6 is 0 Å². The van der Waals surface area contributed by atoms with Gasteiger partial charge in [0.2, 0.25) is 5.91 Å². The zero-order valence-electron chi connectivity index (χ0n) is 15.9. The van der Waals surface area contributed by atoms with Crippen LogP contribution in [0.5, 0.6) is 0 Å². The van der Waals surface area contributed by atoms with Crippen molar-refractivity contribution >= 4 is 33.4 Å². The molecule has 0 atom stereocenters. The number of sulfone groups is 1. The molecule has 154 valence electrons. The van der Waals surface area contributed by atoms with Gasteiger partial charge in [-0.3, -0.25) is 9.59 Å². The lowest BCUT2D eigenvalue weighted by atomic mass is 10.1. The zero-order valence-corrected chi connectivity index (χ0v) is 16.7. The van der Waals surface area contributed by atoms with Gasteiger partial charge in [-0.15, -0.1) is 0 Å². The normalized spacial score (nSPS) is 11.0. The second-order valence-corrected chi connectivity index (χ2v) is 8.07. The van der Waals surface area contributed by atoms with E-state index in [0.717, 1.165) is 11.2 Å². The lowest BCUT2D eigenvalue weighted by molar-refractivity contribution is -0.145. The molecule has 1 aromatic carbocycles. The fraction of sp³-hybridized carbons (Fsp3) is 0.263. The molecule has 1 aromatic heterocycles. The zero-order chi connectivity index (χ0) is 21.6. The largest absolute Gasteiger partial charge is 0.476 e. The van der Waals surface area contributed by atoms with E-state index in [-0.39, 0.29) is 29.4 Å². The van der Waals surface area contributed by atoms with E-state index in [4.69, 9.17) is 4.74 Å². The smallest absolute Gasteiger partial charge is 0.356 e. The van der Waals surface area contributed by atoms with Crippen molar-refractivity contribution in [3.63, 3.8) is 0 Å². The predicted octanol–water partition coefficient (Wildman–Crippen LogP) is 1.67. The molecule has 2 aromatic rings. The Labute approximate surface area is 167 Å². The van der Waals surface area contributed by atoms with Gasteiger partial charge in [0, 0.05) is 12.5 Å². The van der Waals surface area contributed by atoms with Crippen molar-refractivity contribution in [2.45, 2.75) is 24.8 Å². The Morgan fingerprint density at radius 1 is 1.14 bits per heavy atom. The molecule has 0 aliphatic rings. The number of carboxylic acid groups (broad SMARTS) is 1. The van der Waals surface area contributed by atoms with E-state index in [2.05, 4.69) is 4.98 Å². The van der Waals surface area contributed by atoms with Crippen LogP contribution in [0.2, 0.25) is 0 Å². The maximum atomic E-state index is 12.7. The van der Waals surface area contributed by atoms with Crippen molar-refractivity contribution < 1.29 is 32.6 Å². The van der Waals surface area contributed by atoms with Crippen LogP contribution in [0.4, 0.5) is 5.69 Å². The maximum Gasteiger partial charge on any atom is 0.356 e. The van der Waals surface area contributed by atoms with Gasteiger partial charge < -0.3 is 14.7 Å². The first kappa shape index (κ1) is 22.0. The summed E-state index contributed by atoms with van der Waals surface area (Å²) >= 11 is 0. The fourth-order valence-corrected chi connectivity index (χ4v) is 3.17. The summed E-state index contributed by atoms with van der Waals surface area (Å²) in [5.74, 6) is -2.75. The molecule has 2 rings (SSSR count). The highest BCUT2D eigenvalue weighted by Gasteiger charge is 2.25. The summed E-state index contributed by atoms with van der Waals surface area (Å²) in [5.41, 5.74) is 0.203. The number of ether oxygens (including phenoxy) is 1. The van der Waals surface area contributed by atoms with Crippen molar-refractivity contribution in [3.8, 4) is 0 Å². The van der Waals surface area contributed by atoms with Crippen molar-refractivity contribution in [2.24, 2.45) is 0 Å². The third-order valence-electron chi connectivity index (χ3n) is 3.87. The van der Waals surface area contributed by atoms with E-state index in [9.17, 15) is 27.9 Å². The summed E-state index contributed by atoms with van der Waals surface area (Å²) in [6.07, 6.45) is 1.77. The van der Waals surface area contributed by atoms with E-state index in [1.165, 1.54) is 42.6 Å². The number of amides is 1. The maximum absolute atomic E-state index is 12.7. The molecule has 1 amide bonds. The summed E-state index contributed by atoms with van der Waals surface area (Å²) in [7, 11) is -3.39. The first-order valence-electron chi connectivity index (χ1n) is 8.56. The van der Waals surface area contributed by atoms with Gasteiger partial charge in [0.15, 0.2) is 15.5 Å². The number of carboxylic acids is 1. The average Bonchev–Trinajstić information content (AvgIpc) is 2.65. The number of benzene rings is 1. The fourth-order valence-electron chi connectivity index (χ4n) is 2.54. The number of nitrogens with zero attached hydrogens (tertiary/aromatic N) is 2. The molecule has 10 heteroatoms. The minimum Gasteiger partial charge on any atom is -0.476 e. The Hall–Kier alpha value is -3.27. The first-order chi connectivity index (χ1) is 13.6. The van der Waals surface area contributed by atoms with E-state index in [1.807, 2.05) is 0 Å². The highest BCUT2D eigenvalue weighted by molar-refractivity contribution is 7.90. The number of esters is 1. The van der Waals surface area contributed by atoms with E-state index < -0.39 is 34.1 Å². The second kappa shape index (κ2) is 9.28. The van der Waals surface area contributed by atoms with Crippen LogP contribution in [0, 0.1) is 0 Å². The minimum absolute atomic E-state index is 0.0153. The van der Waals surface area contributed by atoms with Crippen LogP contribution in [0.1, 0.15) is 29.4 Å². The van der Waals surface area contributed by atoms with Crippen LogP contribution < -0.4 is 4.90 Å². The van der Waals surface area contributed by atoms with Crippen LogP contribution in [-0.2, 0) is 30.7 Å². The van der Waals surface area contributed by atoms with Crippen LogP contribution in [0.15, 0.2) is 47.5 Å². The lowest BCUT2D eigenvalue weighted by Crippen LogP contribution is -2.34. The van der Waals surface area contributed by atoms with E-state index in [0.29, 0.717) is 5.56 Å². The number of carbonyl (C=O) groups excluding carboxylic acids is 2. The van der Waals surface area contributed by atoms with Crippen LogP contribution in [-0.4, -0.2) is 49.2 Å². The first-order valence-corrected chi connectivity index (χ1v) is 10.5. The quantitative estimate of drug-likeness (QED) is 0.504. The molecule has 0 fully saturated rings. The Bertz CT molecular complexity index is 1020. The Kier molecular flexibility index (Phi) is 7.05. The van der Waals surface area contributed by atoms with Gasteiger partial charge in [0.1, 0.15) is 6.42 Å². The number of carbonyl (C=O) groups is 3. The molecule has 0 radical (unpaired) electrons. The second-order valence-electron chi connectivity index (χ2n) is 6.05. The van der Waals surface area contributed by atoms with Gasteiger partial charge in [-0.25, -0.2) is 18.2 Å². The van der Waals surface area contributed by atoms with Gasteiger partial charge in [0.25, 0.3) is 0 Å². The summed E-state index contributed by atoms with van der Waals surface area (Å²) in [5, 5.41) is 9.40. The summed E-state index contributed by atoms with van der Waals surface area (Å²) in [4.78, 5) is 41.0. The average molecular weight is 420 g/mol. The summed E-state index contributed by atoms with van der Waals surface area (Å²) in [6, 6.07) is 8.68. The molecule has 0 saturated carbocycles. The molecule has 0 aliphatic carbocycles. The molecular weight excluding hydrogens is 400 g/mol. The van der Waals surface area contributed by atoms with Crippen LogP contribution in [0.3, 0.4) is 0 Å². The lowest BCUT2D eigenvalue weighted by Gasteiger charge is -2.24. The minimum atomic E-state index is -3.39. The van der Waals surface area contributed by atoms with E-state index >= 15 is 0 Å². The molecule has 0 saturated heterocycles. The van der Waals surface area contributed by atoms with Crippen molar-refractivity contribution in [1.82, 2.24) is 4.98 Å². The number of aromatic nitrogens is 1. The SMILES string of the molecule is CCOC(=O)CC(=O)N(Cc1ccc(S(C)(=O)=O)cc1)c1cccnc1C(=O)O. The Balaban J connectivity index is 2.41. The van der Waals surface area contributed by atoms with Gasteiger partial charge in [0.05, 0.1) is 23.7 Å². The monoisotopic (exact) mass is 420 g/mol. The van der Waals surface area contributed by atoms with Gasteiger partial charge in [-0.2, -0.15) is 0 Å². The molecule has 0 bridgehead atoms. The number of aromatic carboxylic acids is 1. The molecule has 9 nitrogen and oxygen atoms in total. The van der Waals surface area contributed by atoms with Crippen molar-refractivity contribution in [1.29, 1.82) is 0 Å². The highest BCUT2D eigenvalue weighted by atomic mass is 32.2. The third-order valence-corrected chi connectivity index (χ3v) is 5.00. The number of rotatable bonds is 8. The standard InChI is InChI=1S/C19H20N2O7S/c1-3-28-17(23)11-16(22)21(15-5-4-10-20-18(15)19(24)25)12-13-6-8-14(9-7-13)29(2,26)27/h4-10H,3,11-12H2,1-2H3,(H,24,25). The van der Waals surface area contributed by atoms with Crippen molar-refractivity contribution in [3.05, 3.63) is 53.9 Å². The van der Waals surface area contributed by atoms with Crippen molar-refractivity contribution in [2.75, 3.05) is 17.8 Å². The van der Waals surface area contributed by atoms with Gasteiger partial charge >= 0.3 is 11.9 Å². The van der Waals surface area contributed by atoms with Gasteiger partial charge in [-0.1, -0.05) is 12.1 Å². The highest BCUT2D eigenvalue weighted by Crippen LogP contribution is 2.23. The number of hydrogen-bond donors (Lipinski definition) is 1. The molecule has 0 spiro atoms. The molecule has 29 heavy (non-hydrogen) atoms. The molecular formula is C19H20N2O7S. The Morgan fingerprint density at radius 3 is 2.34 bits per heavy atom. The summed E-state index contributed by atoms with van der Waals surface area (Å²) < 4.78 is 28.0. The molecule has 1 N–H and O–H groups in total. The third kappa shape index (κ3) is 5.85. The number of anilines is 1. The number of hydrogen-bond acceptors (Lipinski definition) is 7. The van der Waals surface area contributed by atoms with Gasteiger partial charge in [-0.05, 0) is 36.8 Å². The summed E-state index contributed by atoms with van der Waals surface area (Å²) in [6.45, 7) is 1.62. The van der Waals surface area contributed by atoms with Crippen LogP contribution in [0.25, 0.3) is 0 Å². The molecule has 0 unspecified atom stereocenters. The molecule has 1 heterocycles. The Morgan fingerprint density at radius 2 is 1.79 bits per heavy atom. The topological polar surface area (TPSA) is 131 Å². The predicted molar refractivity (Wildman–Crippen MR) is 103 cm³/mol.